The second-order valence-corrected chi connectivity index (χ2v) is 2.10. The second-order valence-electron chi connectivity index (χ2n) is 1.15. The molecule has 0 aromatic carbocycles. The maximum atomic E-state index is 9.87. The van der Waals surface area contributed by atoms with E-state index in [1.54, 1.807) is 0 Å². The number of allylic oxidation sites excluding steroid dienone is 1. The van der Waals surface area contributed by atoms with Crippen molar-refractivity contribution in [2.45, 2.75) is 6.92 Å². The quantitative estimate of drug-likeness (QED) is 0.568. The minimum absolute atomic E-state index is 0. The van der Waals surface area contributed by atoms with Gasteiger partial charge in [-0.1, -0.05) is 23.2 Å². The van der Waals surface area contributed by atoms with Crippen molar-refractivity contribution in [3.63, 3.8) is 0 Å². The molecule has 0 aromatic rings. The summed E-state index contributed by atoms with van der Waals surface area (Å²) in [6.45, 7) is 1.41. The number of carboxylic acids is 1. The monoisotopic (exact) mass is 359 g/mol. The Balaban J connectivity index is 0. The van der Waals surface area contributed by atoms with Crippen LogP contribution in [-0.4, -0.2) is 38.4 Å². The van der Waals surface area contributed by atoms with E-state index in [0.29, 0.717) is 0 Å². The zero-order valence-electron chi connectivity index (χ0n) is 4.69. The van der Waals surface area contributed by atoms with E-state index in [0.717, 1.165) is 0 Å². The molecule has 0 amide bonds. The molecule has 0 saturated heterocycles. The first-order valence-electron chi connectivity index (χ1n) is 1.81. The molecule has 2 nitrogen and oxygen atoms in total. The molecule has 0 bridgehead atoms. The van der Waals surface area contributed by atoms with Crippen molar-refractivity contribution in [3.05, 3.63) is 10.1 Å². The van der Waals surface area contributed by atoms with Gasteiger partial charge in [-0.15, -0.1) is 0 Å². The molecule has 49 valence electrons. The number of carbonyl (C=O) groups is 1. The summed E-state index contributed by atoms with van der Waals surface area (Å²) in [5, 5.41) is 7.85. The molecule has 1 N–H and O–H groups in total. The Bertz CT molecular complexity index is 140. The summed E-state index contributed by atoms with van der Waals surface area (Å²) in [5.74, 6) is -1.20. The van der Waals surface area contributed by atoms with Gasteiger partial charge >= 0.3 is 5.97 Å². The topological polar surface area (TPSA) is 37.3 Å². The van der Waals surface area contributed by atoms with Crippen LogP contribution in [0.5, 0.6) is 0 Å². The van der Waals surface area contributed by atoms with Crippen molar-refractivity contribution >= 4 is 56.5 Å². The van der Waals surface area contributed by atoms with E-state index in [1.807, 2.05) is 0 Å². The molecule has 0 atom stereocenters. The van der Waals surface area contributed by atoms with Gasteiger partial charge in [0, 0.05) is 32.3 Å². The van der Waals surface area contributed by atoms with E-state index in [-0.39, 0.29) is 37.4 Å². The second kappa shape index (κ2) is 5.49. The maximum Gasteiger partial charge on any atom is 0.348 e. The first-order chi connectivity index (χ1) is 3.55. The first kappa shape index (κ1) is 12.4. The molecule has 0 spiro atoms. The van der Waals surface area contributed by atoms with Gasteiger partial charge in [0.05, 0.1) is 0 Å². The Labute approximate surface area is 83.0 Å². The van der Waals surface area contributed by atoms with Crippen LogP contribution in [0.2, 0.25) is 0 Å². The molecule has 0 fully saturated rings. The van der Waals surface area contributed by atoms with Crippen LogP contribution in [0.1, 0.15) is 6.92 Å². The molecule has 0 unspecified atom stereocenters. The number of halogens is 2. The van der Waals surface area contributed by atoms with E-state index < -0.39 is 5.97 Å². The Kier molecular flexibility index (Phi) is 7.57. The summed E-state index contributed by atoms with van der Waals surface area (Å²) in [7, 11) is 0. The summed E-state index contributed by atoms with van der Waals surface area (Å²) in [6.07, 6.45) is 0. The number of aliphatic carboxylic acids is 1. The van der Waals surface area contributed by atoms with Crippen LogP contribution in [0.4, 0.5) is 0 Å². The van der Waals surface area contributed by atoms with Gasteiger partial charge in [0.25, 0.3) is 0 Å². The third-order valence-electron chi connectivity index (χ3n) is 0.490. The van der Waals surface area contributed by atoms with Crippen LogP contribution < -0.4 is 0 Å². The van der Waals surface area contributed by atoms with Crippen LogP contribution in [0, 0.1) is 0 Å². The summed E-state index contributed by atoms with van der Waals surface area (Å²) in [4.78, 5) is 9.87. The number of rotatable bonds is 1. The number of carboxylic acid groups (broad SMARTS) is 1. The van der Waals surface area contributed by atoms with E-state index in [9.17, 15) is 4.79 Å². The predicted octanol–water partition coefficient (Wildman–Crippen LogP) is 1.40. The van der Waals surface area contributed by atoms with E-state index in [4.69, 9.17) is 28.3 Å². The fourth-order valence-electron chi connectivity index (χ4n) is 0.147. The Morgan fingerprint density at radius 3 is 1.78 bits per heavy atom. The largest absolute Gasteiger partial charge is 0.477 e. The van der Waals surface area contributed by atoms with Crippen molar-refractivity contribution in [3.8, 4) is 0 Å². The van der Waals surface area contributed by atoms with Crippen molar-refractivity contribution < 1.29 is 9.90 Å². The molecule has 0 saturated carbocycles. The molecule has 0 aromatic heterocycles. The Morgan fingerprint density at radius 1 is 1.44 bits per heavy atom. The summed E-state index contributed by atoms with van der Waals surface area (Å²) >= 11 is 10.3. The Hall–Kier alpha value is 0.712. The smallest absolute Gasteiger partial charge is 0.348 e. The minimum atomic E-state index is -1.20. The molecule has 9 heavy (non-hydrogen) atoms. The summed E-state index contributed by atoms with van der Waals surface area (Å²) in [5.41, 5.74) is 0. The average Bonchev–Trinajstić information content (AvgIpc) is 1.64. The molecule has 5 heteroatoms. The molecule has 1 radical (unpaired) electrons. The molecule has 0 aliphatic rings. The van der Waals surface area contributed by atoms with Gasteiger partial charge in [-0.2, -0.15) is 0 Å². The minimum Gasteiger partial charge on any atom is -0.477 e. The van der Waals surface area contributed by atoms with Crippen molar-refractivity contribution in [1.82, 2.24) is 0 Å². The van der Waals surface area contributed by atoms with E-state index >= 15 is 0 Å². The third kappa shape index (κ3) is 5.17. The van der Waals surface area contributed by atoms with Gasteiger partial charge in [0.1, 0.15) is 5.03 Å². The average molecular weight is 359 g/mol. The van der Waals surface area contributed by atoms with E-state index in [2.05, 4.69) is 0 Å². The molecular formula is C4H4Cl2O2Tl. The van der Waals surface area contributed by atoms with Gasteiger partial charge in [0.2, 0.25) is 0 Å². The van der Waals surface area contributed by atoms with Gasteiger partial charge in [-0.3, -0.25) is 0 Å². The Morgan fingerprint density at radius 2 is 1.78 bits per heavy atom. The van der Waals surface area contributed by atoms with Crippen LogP contribution in [0.25, 0.3) is 0 Å². The summed E-state index contributed by atoms with van der Waals surface area (Å²) in [6, 6.07) is 0. The fraction of sp³-hybridized carbons (Fsp3) is 0.250. The predicted molar refractivity (Wildman–Crippen MR) is 37.8 cm³/mol. The zero-order valence-corrected chi connectivity index (χ0v) is 10.7. The molecule has 0 heterocycles. The van der Waals surface area contributed by atoms with Gasteiger partial charge in [0.15, 0.2) is 0 Å². The van der Waals surface area contributed by atoms with Crippen molar-refractivity contribution in [2.75, 3.05) is 0 Å². The first-order valence-corrected chi connectivity index (χ1v) is 2.56. The third-order valence-corrected chi connectivity index (χ3v) is 1.22. The van der Waals surface area contributed by atoms with Gasteiger partial charge < -0.3 is 5.11 Å². The van der Waals surface area contributed by atoms with Crippen LogP contribution in [0.3, 0.4) is 0 Å². The van der Waals surface area contributed by atoms with Gasteiger partial charge in [-0.05, 0) is 6.92 Å². The van der Waals surface area contributed by atoms with Gasteiger partial charge in [-0.25, -0.2) is 4.79 Å². The zero-order chi connectivity index (χ0) is 6.73. The van der Waals surface area contributed by atoms with Crippen LogP contribution in [0.15, 0.2) is 10.1 Å². The molecule has 0 aliphatic heterocycles. The van der Waals surface area contributed by atoms with Crippen molar-refractivity contribution in [2.24, 2.45) is 0 Å². The van der Waals surface area contributed by atoms with E-state index in [1.165, 1.54) is 6.92 Å². The SMILES string of the molecule is C/C(Cl)=C(\Cl)C(=O)O.[Tl]. The normalized spacial score (nSPS) is 11.4. The summed E-state index contributed by atoms with van der Waals surface area (Å²) < 4.78 is 0. The van der Waals surface area contributed by atoms with Crippen molar-refractivity contribution in [1.29, 1.82) is 0 Å². The number of hydrogen-bond donors (Lipinski definition) is 1. The standard InChI is InChI=1S/C4H4Cl2O2.Tl/c1-2(5)3(6)4(7)8;/h1H3,(H,7,8);/b3-2+;. The maximum absolute atomic E-state index is 9.87. The fourth-order valence-corrected chi connectivity index (χ4v) is 0.228. The van der Waals surface area contributed by atoms with Crippen LogP contribution >= 0.6 is 23.2 Å². The number of hydrogen-bond acceptors (Lipinski definition) is 1. The molecule has 0 aliphatic carbocycles. The molecule has 0 rings (SSSR count). The van der Waals surface area contributed by atoms with Crippen LogP contribution in [-0.2, 0) is 4.79 Å². The molecular weight excluding hydrogens is 355 g/mol.